The lowest BCUT2D eigenvalue weighted by molar-refractivity contribution is 0.322. The van der Waals surface area contributed by atoms with E-state index in [2.05, 4.69) is 11.7 Å². The van der Waals surface area contributed by atoms with E-state index in [0.29, 0.717) is 6.61 Å². The fraction of sp³-hybridized carbons (Fsp3) is 0.100. The molecule has 0 fully saturated rings. The molecule has 1 aromatic rings. The van der Waals surface area contributed by atoms with Crippen LogP contribution in [0, 0.1) is 0 Å². The average Bonchev–Trinajstić information content (AvgIpc) is 2.17. The second kappa shape index (κ2) is 4.98. The summed E-state index contributed by atoms with van der Waals surface area (Å²) in [5.74, 6) is 0.773. The smallest absolute Gasteiger partial charge is 0.119 e. The molecular formula is C10H11NO2. The number of hydrogen-bond donors (Lipinski definition) is 1. The molecule has 1 aromatic carbocycles. The summed E-state index contributed by atoms with van der Waals surface area (Å²) in [7, 11) is 0. The summed E-state index contributed by atoms with van der Waals surface area (Å²) in [5.41, 5.74) is 0.827. The first kappa shape index (κ1) is 9.32. The van der Waals surface area contributed by atoms with E-state index in [4.69, 9.17) is 9.94 Å². The molecule has 1 N–H and O–H groups in total. The number of oxime groups is 1. The molecule has 0 heterocycles. The molecule has 0 radical (unpaired) electrons. The Bertz CT molecular complexity index is 290. The Labute approximate surface area is 77.0 Å². The first-order valence-electron chi connectivity index (χ1n) is 3.88. The molecule has 3 nitrogen and oxygen atoms in total. The summed E-state index contributed by atoms with van der Waals surface area (Å²) < 4.78 is 5.26. The van der Waals surface area contributed by atoms with Crippen molar-refractivity contribution in [3.05, 3.63) is 42.5 Å². The summed E-state index contributed by atoms with van der Waals surface area (Å²) in [6.07, 6.45) is 3.04. The third-order valence-corrected chi connectivity index (χ3v) is 1.45. The maximum atomic E-state index is 8.26. The molecule has 0 unspecified atom stereocenters. The van der Waals surface area contributed by atoms with Crippen LogP contribution in [-0.4, -0.2) is 18.0 Å². The number of ether oxygens (including phenoxy) is 1. The van der Waals surface area contributed by atoms with Crippen LogP contribution in [0.3, 0.4) is 0 Å². The normalized spacial score (nSPS) is 10.2. The van der Waals surface area contributed by atoms with Crippen molar-refractivity contribution >= 4 is 6.21 Å². The summed E-state index contributed by atoms with van der Waals surface area (Å²) in [5, 5.41) is 11.2. The molecule has 3 heteroatoms. The Balaban J connectivity index is 2.63. The monoisotopic (exact) mass is 177 g/mol. The highest BCUT2D eigenvalue weighted by atomic mass is 16.5. The van der Waals surface area contributed by atoms with E-state index in [1.165, 1.54) is 6.21 Å². The van der Waals surface area contributed by atoms with E-state index in [-0.39, 0.29) is 0 Å². The molecule has 0 atom stereocenters. The Morgan fingerprint density at radius 3 is 2.62 bits per heavy atom. The zero-order valence-corrected chi connectivity index (χ0v) is 7.18. The van der Waals surface area contributed by atoms with Crippen LogP contribution in [0.2, 0.25) is 0 Å². The van der Waals surface area contributed by atoms with Crippen LogP contribution in [0.15, 0.2) is 42.1 Å². The van der Waals surface area contributed by atoms with E-state index in [0.717, 1.165) is 11.3 Å². The SMILES string of the molecule is C=CCOc1ccc(/C=N\O)cc1. The maximum absolute atomic E-state index is 8.26. The predicted molar refractivity (Wildman–Crippen MR) is 51.5 cm³/mol. The van der Waals surface area contributed by atoms with E-state index >= 15 is 0 Å². The van der Waals surface area contributed by atoms with Gasteiger partial charge in [-0.25, -0.2) is 0 Å². The largest absolute Gasteiger partial charge is 0.490 e. The van der Waals surface area contributed by atoms with Crippen molar-refractivity contribution in [1.29, 1.82) is 0 Å². The Morgan fingerprint density at radius 2 is 2.08 bits per heavy atom. The van der Waals surface area contributed by atoms with Gasteiger partial charge in [-0.2, -0.15) is 0 Å². The van der Waals surface area contributed by atoms with Gasteiger partial charge in [-0.3, -0.25) is 0 Å². The summed E-state index contributed by atoms with van der Waals surface area (Å²) in [6.45, 7) is 4.04. The van der Waals surface area contributed by atoms with E-state index in [1.807, 2.05) is 0 Å². The number of nitrogens with zero attached hydrogens (tertiary/aromatic N) is 1. The lowest BCUT2D eigenvalue weighted by Crippen LogP contribution is -1.92. The van der Waals surface area contributed by atoms with Crippen LogP contribution >= 0.6 is 0 Å². The van der Waals surface area contributed by atoms with Crippen molar-refractivity contribution in [2.24, 2.45) is 5.16 Å². The molecule has 1 rings (SSSR count). The molecule has 0 spiro atoms. The zero-order chi connectivity index (χ0) is 9.52. The molecule has 0 aliphatic carbocycles. The minimum absolute atomic E-state index is 0.493. The second-order valence-corrected chi connectivity index (χ2v) is 2.41. The first-order valence-corrected chi connectivity index (χ1v) is 3.88. The fourth-order valence-electron chi connectivity index (χ4n) is 0.872. The van der Waals surface area contributed by atoms with Crippen LogP contribution in [0.1, 0.15) is 5.56 Å². The highest BCUT2D eigenvalue weighted by Crippen LogP contribution is 2.10. The lowest BCUT2D eigenvalue weighted by Gasteiger charge is -2.01. The molecule has 0 aliphatic rings. The molecule has 0 aliphatic heterocycles. The van der Waals surface area contributed by atoms with Crippen LogP contribution in [0.25, 0.3) is 0 Å². The molecule has 0 amide bonds. The van der Waals surface area contributed by atoms with Crippen LogP contribution in [0.4, 0.5) is 0 Å². The van der Waals surface area contributed by atoms with Crippen LogP contribution in [0.5, 0.6) is 5.75 Å². The van der Waals surface area contributed by atoms with E-state index < -0.39 is 0 Å². The number of rotatable bonds is 4. The van der Waals surface area contributed by atoms with Crippen molar-refractivity contribution in [3.63, 3.8) is 0 Å². The minimum Gasteiger partial charge on any atom is -0.490 e. The average molecular weight is 177 g/mol. The van der Waals surface area contributed by atoms with Crippen molar-refractivity contribution < 1.29 is 9.94 Å². The van der Waals surface area contributed by atoms with Gasteiger partial charge in [-0.15, -0.1) is 0 Å². The van der Waals surface area contributed by atoms with Gasteiger partial charge in [-0.1, -0.05) is 17.8 Å². The summed E-state index contributed by atoms with van der Waals surface area (Å²) >= 11 is 0. The molecule has 0 saturated heterocycles. The summed E-state index contributed by atoms with van der Waals surface area (Å²) in [4.78, 5) is 0. The summed E-state index contributed by atoms with van der Waals surface area (Å²) in [6, 6.07) is 7.22. The zero-order valence-electron chi connectivity index (χ0n) is 7.18. The van der Waals surface area contributed by atoms with Gasteiger partial charge < -0.3 is 9.94 Å². The topological polar surface area (TPSA) is 41.8 Å². The van der Waals surface area contributed by atoms with Crippen molar-refractivity contribution in [2.45, 2.75) is 0 Å². The molecule has 68 valence electrons. The van der Waals surface area contributed by atoms with E-state index in [1.54, 1.807) is 30.3 Å². The maximum Gasteiger partial charge on any atom is 0.119 e. The van der Waals surface area contributed by atoms with Gasteiger partial charge in [0.25, 0.3) is 0 Å². The fourth-order valence-corrected chi connectivity index (χ4v) is 0.872. The molecule has 13 heavy (non-hydrogen) atoms. The van der Waals surface area contributed by atoms with Gasteiger partial charge in [0.2, 0.25) is 0 Å². The number of hydrogen-bond acceptors (Lipinski definition) is 3. The van der Waals surface area contributed by atoms with Gasteiger partial charge in [0, 0.05) is 0 Å². The first-order chi connectivity index (χ1) is 6.36. The highest BCUT2D eigenvalue weighted by Gasteiger charge is 1.91. The standard InChI is InChI=1S/C10H11NO2/c1-2-7-13-10-5-3-9(4-6-10)8-11-12/h2-6,8,12H,1,7H2/b11-8-. The molecule has 0 saturated carbocycles. The molecular weight excluding hydrogens is 166 g/mol. The Hall–Kier alpha value is -1.77. The van der Waals surface area contributed by atoms with Gasteiger partial charge in [0.05, 0.1) is 6.21 Å². The minimum atomic E-state index is 0.493. The highest BCUT2D eigenvalue weighted by molar-refractivity contribution is 5.79. The van der Waals surface area contributed by atoms with Crippen molar-refractivity contribution in [1.82, 2.24) is 0 Å². The Morgan fingerprint density at radius 1 is 1.38 bits per heavy atom. The molecule has 0 aromatic heterocycles. The van der Waals surface area contributed by atoms with Crippen molar-refractivity contribution in [2.75, 3.05) is 6.61 Å². The quantitative estimate of drug-likeness (QED) is 0.331. The van der Waals surface area contributed by atoms with Gasteiger partial charge >= 0.3 is 0 Å². The number of benzene rings is 1. The third kappa shape index (κ3) is 2.99. The lowest BCUT2D eigenvalue weighted by atomic mass is 10.2. The van der Waals surface area contributed by atoms with Gasteiger partial charge in [-0.05, 0) is 29.8 Å². The second-order valence-electron chi connectivity index (χ2n) is 2.41. The predicted octanol–water partition coefficient (Wildman–Crippen LogP) is 2.06. The van der Waals surface area contributed by atoms with E-state index in [9.17, 15) is 0 Å². The third-order valence-electron chi connectivity index (χ3n) is 1.45. The Kier molecular flexibility index (Phi) is 3.57. The van der Waals surface area contributed by atoms with Gasteiger partial charge in [0.15, 0.2) is 0 Å². The van der Waals surface area contributed by atoms with Crippen LogP contribution in [-0.2, 0) is 0 Å². The van der Waals surface area contributed by atoms with Crippen molar-refractivity contribution in [3.8, 4) is 5.75 Å². The molecule has 0 bridgehead atoms. The van der Waals surface area contributed by atoms with Gasteiger partial charge in [0.1, 0.15) is 12.4 Å². The van der Waals surface area contributed by atoms with Crippen LogP contribution < -0.4 is 4.74 Å².